The van der Waals surface area contributed by atoms with Gasteiger partial charge in [-0.3, -0.25) is 5.32 Å². The molecule has 108 valence electrons. The molecule has 0 saturated heterocycles. The summed E-state index contributed by atoms with van der Waals surface area (Å²) in [6.07, 6.45) is -0.0300. The molecule has 1 heterocycles. The largest absolute Gasteiger partial charge is 0.463 e. The fourth-order valence-electron chi connectivity index (χ4n) is 1.94. The molecular formula is C14H13N3O4. The van der Waals surface area contributed by atoms with Gasteiger partial charge in [-0.1, -0.05) is 18.2 Å². The van der Waals surface area contributed by atoms with Gasteiger partial charge in [-0.2, -0.15) is 5.10 Å². The molecule has 3 rings (SSSR count). The van der Waals surface area contributed by atoms with Gasteiger partial charge in [-0.25, -0.2) is 9.59 Å². The van der Waals surface area contributed by atoms with Gasteiger partial charge in [0.25, 0.3) is 0 Å². The Morgan fingerprint density at radius 2 is 2.00 bits per heavy atom. The number of hydrogen-bond donors (Lipinski definition) is 2. The first-order valence-corrected chi connectivity index (χ1v) is 6.50. The molecule has 0 radical (unpaired) electrons. The third-order valence-corrected chi connectivity index (χ3v) is 3.09. The average molecular weight is 287 g/mol. The lowest BCUT2D eigenvalue weighted by Crippen LogP contribution is -2.21. The van der Waals surface area contributed by atoms with Crippen molar-refractivity contribution in [3.8, 4) is 5.75 Å². The minimum Gasteiger partial charge on any atom is -0.463 e. The van der Waals surface area contributed by atoms with E-state index in [2.05, 4.69) is 10.4 Å². The molecule has 1 saturated carbocycles. The second-order valence-electron chi connectivity index (χ2n) is 4.75. The van der Waals surface area contributed by atoms with Crippen LogP contribution in [0.1, 0.15) is 24.5 Å². The number of benzene rings is 1. The molecular weight excluding hydrogens is 274 g/mol. The molecule has 7 heteroatoms. The molecule has 0 bridgehead atoms. The van der Waals surface area contributed by atoms with Crippen LogP contribution in [0.15, 0.2) is 36.4 Å². The van der Waals surface area contributed by atoms with E-state index in [0.717, 1.165) is 17.5 Å². The van der Waals surface area contributed by atoms with Crippen LogP contribution in [0, 0.1) is 0 Å². The summed E-state index contributed by atoms with van der Waals surface area (Å²) in [5.74, 6) is 0.750. The van der Waals surface area contributed by atoms with Crippen molar-refractivity contribution in [1.82, 2.24) is 9.78 Å². The van der Waals surface area contributed by atoms with E-state index in [0.29, 0.717) is 11.4 Å². The Kier molecular flexibility index (Phi) is 3.31. The number of carbonyl (C=O) groups is 2. The summed E-state index contributed by atoms with van der Waals surface area (Å²) in [7, 11) is 0. The van der Waals surface area contributed by atoms with E-state index in [1.54, 1.807) is 36.4 Å². The van der Waals surface area contributed by atoms with Crippen LogP contribution >= 0.6 is 0 Å². The molecule has 1 aliphatic carbocycles. The van der Waals surface area contributed by atoms with Gasteiger partial charge in [-0.05, 0) is 25.0 Å². The number of aromatic nitrogens is 2. The number of ether oxygens (including phenoxy) is 1. The zero-order chi connectivity index (χ0) is 14.8. The van der Waals surface area contributed by atoms with Gasteiger partial charge in [0.15, 0.2) is 0 Å². The summed E-state index contributed by atoms with van der Waals surface area (Å²) in [4.78, 5) is 22.9. The zero-order valence-electron chi connectivity index (χ0n) is 11.0. The fraction of sp³-hybridized carbons (Fsp3) is 0.214. The molecule has 0 spiro atoms. The van der Waals surface area contributed by atoms with Crippen LogP contribution in [0.5, 0.6) is 5.75 Å². The number of para-hydroxylation sites is 1. The first kappa shape index (κ1) is 13.2. The summed E-state index contributed by atoms with van der Waals surface area (Å²) in [5, 5.41) is 15.5. The minimum atomic E-state index is -1.25. The number of rotatable bonds is 3. The predicted octanol–water partition coefficient (Wildman–Crippen LogP) is 2.90. The van der Waals surface area contributed by atoms with Crippen molar-refractivity contribution in [2.24, 2.45) is 0 Å². The molecule has 7 nitrogen and oxygen atoms in total. The standard InChI is InChI=1S/C14H13N3O4/c18-13(21-10-4-2-1-3-5-10)15-12-8-11(9-6-7-9)16-17(12)14(19)20/h1-5,8-9H,6-7H2,(H,15,18)(H,19,20). The number of carbonyl (C=O) groups excluding carboxylic acids is 1. The monoisotopic (exact) mass is 287 g/mol. The van der Waals surface area contributed by atoms with Crippen molar-refractivity contribution in [3.63, 3.8) is 0 Å². The van der Waals surface area contributed by atoms with E-state index in [9.17, 15) is 9.59 Å². The lowest BCUT2D eigenvalue weighted by Gasteiger charge is -2.06. The summed E-state index contributed by atoms with van der Waals surface area (Å²) < 4.78 is 5.80. The molecule has 0 atom stereocenters. The highest BCUT2D eigenvalue weighted by Crippen LogP contribution is 2.40. The molecule has 0 unspecified atom stereocenters. The molecule has 0 aliphatic heterocycles. The second kappa shape index (κ2) is 5.28. The van der Waals surface area contributed by atoms with E-state index in [4.69, 9.17) is 9.84 Å². The highest BCUT2D eigenvalue weighted by molar-refractivity contribution is 5.87. The van der Waals surface area contributed by atoms with Gasteiger partial charge < -0.3 is 9.84 Å². The number of amides is 1. The third kappa shape index (κ3) is 3.02. The first-order valence-electron chi connectivity index (χ1n) is 6.50. The maximum Gasteiger partial charge on any atom is 0.434 e. The Labute approximate surface area is 120 Å². The summed E-state index contributed by atoms with van der Waals surface area (Å²) >= 11 is 0. The zero-order valence-corrected chi connectivity index (χ0v) is 11.0. The van der Waals surface area contributed by atoms with E-state index < -0.39 is 12.2 Å². The topological polar surface area (TPSA) is 93.5 Å². The Morgan fingerprint density at radius 3 is 2.62 bits per heavy atom. The maximum atomic E-state index is 11.8. The minimum absolute atomic E-state index is 0.0883. The number of hydrogen-bond acceptors (Lipinski definition) is 4. The fourth-order valence-corrected chi connectivity index (χ4v) is 1.94. The Bertz CT molecular complexity index is 677. The predicted molar refractivity (Wildman–Crippen MR) is 73.7 cm³/mol. The van der Waals surface area contributed by atoms with Crippen LogP contribution in [-0.4, -0.2) is 27.1 Å². The molecule has 1 aromatic heterocycles. The summed E-state index contributed by atoms with van der Waals surface area (Å²) in [6, 6.07) is 10.1. The highest BCUT2D eigenvalue weighted by atomic mass is 16.6. The van der Waals surface area contributed by atoms with Crippen LogP contribution in [0.25, 0.3) is 0 Å². The molecule has 1 aliphatic rings. The lowest BCUT2D eigenvalue weighted by atomic mass is 10.3. The lowest BCUT2D eigenvalue weighted by molar-refractivity contribution is 0.193. The Balaban J connectivity index is 1.74. The van der Waals surface area contributed by atoms with Crippen LogP contribution in [0.4, 0.5) is 15.4 Å². The van der Waals surface area contributed by atoms with Crippen LogP contribution in [0.3, 0.4) is 0 Å². The van der Waals surface area contributed by atoms with Crippen molar-refractivity contribution in [3.05, 3.63) is 42.1 Å². The van der Waals surface area contributed by atoms with E-state index in [1.807, 2.05) is 0 Å². The SMILES string of the molecule is O=C(Nc1cc(C2CC2)nn1C(=O)O)Oc1ccccc1. The number of nitrogens with zero attached hydrogens (tertiary/aromatic N) is 2. The van der Waals surface area contributed by atoms with E-state index in [-0.39, 0.29) is 11.7 Å². The van der Waals surface area contributed by atoms with Gasteiger partial charge in [0.1, 0.15) is 11.6 Å². The third-order valence-electron chi connectivity index (χ3n) is 3.09. The Morgan fingerprint density at radius 1 is 1.29 bits per heavy atom. The second-order valence-corrected chi connectivity index (χ2v) is 4.75. The van der Waals surface area contributed by atoms with Crippen molar-refractivity contribution < 1.29 is 19.4 Å². The Hall–Kier alpha value is -2.83. The molecule has 2 aromatic rings. The maximum absolute atomic E-state index is 11.8. The summed E-state index contributed by atoms with van der Waals surface area (Å²) in [6.45, 7) is 0. The van der Waals surface area contributed by atoms with Crippen molar-refractivity contribution >= 4 is 18.0 Å². The normalized spacial score (nSPS) is 13.7. The van der Waals surface area contributed by atoms with Crippen molar-refractivity contribution in [2.75, 3.05) is 5.32 Å². The van der Waals surface area contributed by atoms with Crippen molar-refractivity contribution in [2.45, 2.75) is 18.8 Å². The van der Waals surface area contributed by atoms with Gasteiger partial charge in [0.05, 0.1) is 5.69 Å². The van der Waals surface area contributed by atoms with Crippen LogP contribution in [0.2, 0.25) is 0 Å². The van der Waals surface area contributed by atoms with E-state index in [1.165, 1.54) is 0 Å². The quantitative estimate of drug-likeness (QED) is 0.905. The summed E-state index contributed by atoms with van der Waals surface area (Å²) in [5.41, 5.74) is 0.674. The van der Waals surface area contributed by atoms with Gasteiger partial charge in [0, 0.05) is 12.0 Å². The molecule has 2 N–H and O–H groups in total. The number of nitrogens with one attached hydrogen (secondary N) is 1. The van der Waals surface area contributed by atoms with E-state index >= 15 is 0 Å². The number of carboxylic acid groups (broad SMARTS) is 1. The van der Waals surface area contributed by atoms with Gasteiger partial charge >= 0.3 is 12.2 Å². The van der Waals surface area contributed by atoms with Crippen molar-refractivity contribution in [1.29, 1.82) is 0 Å². The average Bonchev–Trinajstić information content (AvgIpc) is 3.21. The first-order chi connectivity index (χ1) is 10.1. The number of anilines is 1. The smallest absolute Gasteiger partial charge is 0.434 e. The molecule has 1 aromatic carbocycles. The van der Waals surface area contributed by atoms with Crippen LogP contribution < -0.4 is 10.1 Å². The molecule has 1 fully saturated rings. The van der Waals surface area contributed by atoms with Gasteiger partial charge in [0.2, 0.25) is 0 Å². The molecule has 1 amide bonds. The van der Waals surface area contributed by atoms with Crippen LogP contribution in [-0.2, 0) is 0 Å². The molecule has 21 heavy (non-hydrogen) atoms. The highest BCUT2D eigenvalue weighted by Gasteiger charge is 2.29. The van der Waals surface area contributed by atoms with Gasteiger partial charge in [-0.15, -0.1) is 4.68 Å².